The zero-order valence-electron chi connectivity index (χ0n) is 11.4. The molecule has 1 aliphatic carbocycles. The van der Waals surface area contributed by atoms with Crippen molar-refractivity contribution in [3.8, 4) is 0 Å². The summed E-state index contributed by atoms with van der Waals surface area (Å²) in [5, 5.41) is 0. The molecule has 0 aromatic heterocycles. The van der Waals surface area contributed by atoms with Gasteiger partial charge >= 0.3 is 0 Å². The monoisotopic (exact) mass is 322 g/mol. The zero-order chi connectivity index (χ0) is 13.2. The highest BCUT2D eigenvalue weighted by Gasteiger charge is 2.38. The molecule has 2 fully saturated rings. The van der Waals surface area contributed by atoms with E-state index in [1.807, 2.05) is 0 Å². The Morgan fingerprint density at radius 2 is 1.89 bits per heavy atom. The number of hydrogen-bond acceptors (Lipinski definition) is 2. The summed E-state index contributed by atoms with van der Waals surface area (Å²) in [4.78, 5) is 2.70. The molecule has 0 spiro atoms. The molecule has 3 rings (SSSR count). The Kier molecular flexibility index (Phi) is 4.25. The van der Waals surface area contributed by atoms with E-state index >= 15 is 0 Å². The molecular weight excluding hydrogens is 300 g/mol. The first kappa shape index (κ1) is 13.6. The lowest BCUT2D eigenvalue weighted by molar-refractivity contribution is 0.0701. The van der Waals surface area contributed by atoms with Gasteiger partial charge in [-0.1, -0.05) is 34.5 Å². The van der Waals surface area contributed by atoms with Gasteiger partial charge in [0.2, 0.25) is 0 Å². The Hall–Kier alpha value is -0.380. The van der Waals surface area contributed by atoms with Crippen molar-refractivity contribution in [1.29, 1.82) is 0 Å². The van der Waals surface area contributed by atoms with Crippen molar-refractivity contribution in [2.24, 2.45) is 11.7 Å². The summed E-state index contributed by atoms with van der Waals surface area (Å²) in [6.45, 7) is 1.95. The van der Waals surface area contributed by atoms with Crippen molar-refractivity contribution in [3.05, 3.63) is 34.3 Å². The van der Waals surface area contributed by atoms with Crippen molar-refractivity contribution in [1.82, 2.24) is 4.90 Å². The van der Waals surface area contributed by atoms with Crippen LogP contribution in [0.3, 0.4) is 0 Å². The summed E-state index contributed by atoms with van der Waals surface area (Å²) in [6.07, 6.45) is 6.98. The van der Waals surface area contributed by atoms with Gasteiger partial charge in [0, 0.05) is 23.1 Å². The van der Waals surface area contributed by atoms with E-state index in [9.17, 15) is 0 Å². The fraction of sp³-hybridized carbons (Fsp3) is 0.625. The van der Waals surface area contributed by atoms with Gasteiger partial charge in [0.15, 0.2) is 0 Å². The Labute approximate surface area is 124 Å². The third-order valence-electron chi connectivity index (χ3n) is 4.91. The first-order chi connectivity index (χ1) is 9.29. The molecule has 1 aromatic rings. The zero-order valence-corrected chi connectivity index (χ0v) is 13.0. The molecule has 1 aliphatic heterocycles. The van der Waals surface area contributed by atoms with E-state index in [0.717, 1.165) is 23.0 Å². The second-order valence-corrected chi connectivity index (χ2v) is 6.86. The fourth-order valence-corrected chi connectivity index (χ4v) is 4.29. The lowest BCUT2D eigenvalue weighted by Gasteiger charge is -2.42. The quantitative estimate of drug-likeness (QED) is 0.919. The highest BCUT2D eigenvalue weighted by atomic mass is 79.9. The molecule has 0 bridgehead atoms. The Morgan fingerprint density at radius 1 is 1.16 bits per heavy atom. The lowest BCUT2D eigenvalue weighted by atomic mass is 9.89. The number of nitrogens with two attached hydrogens (primary N) is 1. The van der Waals surface area contributed by atoms with Gasteiger partial charge in [-0.3, -0.25) is 4.90 Å². The van der Waals surface area contributed by atoms with E-state index in [-0.39, 0.29) is 0 Å². The predicted molar refractivity (Wildman–Crippen MR) is 83.0 cm³/mol. The van der Waals surface area contributed by atoms with Crippen LogP contribution in [-0.4, -0.2) is 24.0 Å². The first-order valence-electron chi connectivity index (χ1n) is 7.51. The summed E-state index contributed by atoms with van der Waals surface area (Å²) < 4.78 is 1.14. The minimum absolute atomic E-state index is 0.402. The second-order valence-electron chi connectivity index (χ2n) is 5.94. The van der Waals surface area contributed by atoms with Gasteiger partial charge < -0.3 is 5.73 Å². The molecule has 1 saturated heterocycles. The molecule has 1 heterocycles. The highest BCUT2D eigenvalue weighted by molar-refractivity contribution is 9.10. The predicted octanol–water partition coefficient (Wildman–Crippen LogP) is 3.71. The minimum Gasteiger partial charge on any atom is -0.329 e. The van der Waals surface area contributed by atoms with E-state index in [2.05, 4.69) is 45.1 Å². The molecule has 3 heteroatoms. The van der Waals surface area contributed by atoms with Crippen molar-refractivity contribution < 1.29 is 0 Å². The summed E-state index contributed by atoms with van der Waals surface area (Å²) in [6, 6.07) is 9.90. The molecule has 0 radical (unpaired) electrons. The number of fused-ring (bicyclic) bond motifs is 1. The van der Waals surface area contributed by atoms with Crippen LogP contribution >= 0.6 is 15.9 Å². The average Bonchev–Trinajstić information content (AvgIpc) is 2.91. The smallest absolute Gasteiger partial charge is 0.0473 e. The SMILES string of the molecule is NCC(c1ccc(Br)cc1)N1CCCC2CCCC21. The number of hydrogen-bond donors (Lipinski definition) is 1. The van der Waals surface area contributed by atoms with Crippen LogP contribution in [0.25, 0.3) is 0 Å². The molecule has 2 nitrogen and oxygen atoms in total. The molecule has 1 saturated carbocycles. The van der Waals surface area contributed by atoms with Crippen LogP contribution in [0, 0.1) is 5.92 Å². The first-order valence-corrected chi connectivity index (χ1v) is 8.30. The summed E-state index contributed by atoms with van der Waals surface area (Å²) in [5.41, 5.74) is 7.48. The van der Waals surface area contributed by atoms with Gasteiger partial charge in [-0.2, -0.15) is 0 Å². The van der Waals surface area contributed by atoms with Gasteiger partial charge in [0.1, 0.15) is 0 Å². The summed E-state index contributed by atoms with van der Waals surface area (Å²) >= 11 is 3.51. The summed E-state index contributed by atoms with van der Waals surface area (Å²) in [7, 11) is 0. The topological polar surface area (TPSA) is 29.3 Å². The van der Waals surface area contributed by atoms with Crippen LogP contribution in [0.5, 0.6) is 0 Å². The Balaban J connectivity index is 1.82. The minimum atomic E-state index is 0.402. The molecule has 19 heavy (non-hydrogen) atoms. The van der Waals surface area contributed by atoms with Crippen LogP contribution in [0.2, 0.25) is 0 Å². The molecule has 0 amide bonds. The van der Waals surface area contributed by atoms with Gasteiger partial charge in [-0.15, -0.1) is 0 Å². The average molecular weight is 323 g/mol. The molecule has 1 aromatic carbocycles. The molecule has 3 unspecified atom stereocenters. The summed E-state index contributed by atoms with van der Waals surface area (Å²) in [5.74, 6) is 0.929. The van der Waals surface area contributed by atoms with E-state index in [4.69, 9.17) is 5.73 Å². The maximum absolute atomic E-state index is 6.10. The van der Waals surface area contributed by atoms with Crippen LogP contribution in [0.1, 0.15) is 43.7 Å². The van der Waals surface area contributed by atoms with Crippen molar-refractivity contribution in [2.45, 2.75) is 44.2 Å². The van der Waals surface area contributed by atoms with E-state index in [1.165, 1.54) is 44.2 Å². The second kappa shape index (κ2) is 5.94. The molecule has 2 N–H and O–H groups in total. The lowest BCUT2D eigenvalue weighted by Crippen LogP contribution is -2.46. The maximum atomic E-state index is 6.10. The number of rotatable bonds is 3. The number of piperidine rings is 1. The van der Waals surface area contributed by atoms with Gasteiger partial charge in [0.25, 0.3) is 0 Å². The van der Waals surface area contributed by atoms with Crippen LogP contribution in [0.15, 0.2) is 28.7 Å². The molecular formula is C16H23BrN2. The normalized spacial score (nSPS) is 29.2. The highest BCUT2D eigenvalue weighted by Crippen LogP contribution is 2.40. The van der Waals surface area contributed by atoms with E-state index in [1.54, 1.807) is 0 Å². The van der Waals surface area contributed by atoms with Gasteiger partial charge in [-0.25, -0.2) is 0 Å². The fourth-order valence-electron chi connectivity index (χ4n) is 4.03. The molecule has 104 valence electrons. The van der Waals surface area contributed by atoms with Crippen molar-refractivity contribution >= 4 is 15.9 Å². The number of halogens is 1. The molecule has 2 aliphatic rings. The Bertz CT molecular complexity index is 417. The standard InChI is InChI=1S/C16H23BrN2/c17-14-8-6-13(7-9-14)16(11-18)19-10-2-4-12-3-1-5-15(12)19/h6-9,12,15-16H,1-5,10-11,18H2. The number of benzene rings is 1. The van der Waals surface area contributed by atoms with E-state index < -0.39 is 0 Å². The maximum Gasteiger partial charge on any atom is 0.0473 e. The largest absolute Gasteiger partial charge is 0.329 e. The van der Waals surface area contributed by atoms with Crippen LogP contribution in [-0.2, 0) is 0 Å². The van der Waals surface area contributed by atoms with Gasteiger partial charge in [0.05, 0.1) is 0 Å². The number of nitrogens with zero attached hydrogens (tertiary/aromatic N) is 1. The van der Waals surface area contributed by atoms with Crippen LogP contribution in [0.4, 0.5) is 0 Å². The Morgan fingerprint density at radius 3 is 2.63 bits per heavy atom. The van der Waals surface area contributed by atoms with Crippen LogP contribution < -0.4 is 5.73 Å². The van der Waals surface area contributed by atoms with Gasteiger partial charge in [-0.05, 0) is 55.8 Å². The van der Waals surface area contributed by atoms with Crippen molar-refractivity contribution in [2.75, 3.05) is 13.1 Å². The third-order valence-corrected chi connectivity index (χ3v) is 5.44. The van der Waals surface area contributed by atoms with E-state index in [0.29, 0.717) is 6.04 Å². The third kappa shape index (κ3) is 2.74. The molecule has 3 atom stereocenters. The van der Waals surface area contributed by atoms with Crippen molar-refractivity contribution in [3.63, 3.8) is 0 Å². The number of likely N-dealkylation sites (tertiary alicyclic amines) is 1.